The molecule has 2 aromatic rings. The zero-order chi connectivity index (χ0) is 19.6. The van der Waals surface area contributed by atoms with Crippen molar-refractivity contribution in [2.45, 2.75) is 39.2 Å². The maximum atomic E-state index is 11.4. The lowest BCUT2D eigenvalue weighted by Gasteiger charge is -2.27. The number of hydrogen-bond donors (Lipinski definition) is 1. The van der Waals surface area contributed by atoms with Gasteiger partial charge < -0.3 is 5.11 Å². The van der Waals surface area contributed by atoms with Gasteiger partial charge in [0.2, 0.25) is 5.82 Å². The summed E-state index contributed by atoms with van der Waals surface area (Å²) in [5, 5.41) is 21.6. The fourth-order valence-electron chi connectivity index (χ4n) is 3.58. The first-order valence-electron chi connectivity index (χ1n) is 8.87. The van der Waals surface area contributed by atoms with Gasteiger partial charge in [0.1, 0.15) is 15.5 Å². The molecule has 0 unspecified atom stereocenters. The highest BCUT2D eigenvalue weighted by Crippen LogP contribution is 2.30. The Morgan fingerprint density at radius 3 is 2.52 bits per heavy atom. The van der Waals surface area contributed by atoms with Gasteiger partial charge in [-0.25, -0.2) is 18.2 Å². The average Bonchev–Trinajstić information content (AvgIpc) is 3.03. The van der Waals surface area contributed by atoms with E-state index in [0.29, 0.717) is 29.5 Å². The molecular weight excluding hydrogens is 370 g/mol. The normalized spacial score (nSPS) is 20.5. The van der Waals surface area contributed by atoms with Crippen molar-refractivity contribution >= 4 is 15.8 Å². The molecule has 1 N–H and O–H groups in total. The second kappa shape index (κ2) is 7.71. The molecule has 1 aliphatic rings. The summed E-state index contributed by atoms with van der Waals surface area (Å²) in [4.78, 5) is 16.7. The fourth-order valence-corrected chi connectivity index (χ4v) is 4.77. The van der Waals surface area contributed by atoms with Gasteiger partial charge in [0.15, 0.2) is 0 Å². The molecule has 0 spiro atoms. The van der Waals surface area contributed by atoms with Gasteiger partial charge in [-0.05, 0) is 61.8 Å². The Morgan fingerprint density at radius 1 is 1.22 bits per heavy atom. The predicted molar refractivity (Wildman–Crippen MR) is 97.9 cm³/mol. The molecule has 3 rings (SSSR count). The number of sulfone groups is 1. The van der Waals surface area contributed by atoms with Crippen LogP contribution in [0.3, 0.4) is 0 Å². The lowest BCUT2D eigenvalue weighted by Crippen LogP contribution is -2.24. The minimum absolute atomic E-state index is 0.0504. The average molecular weight is 393 g/mol. The van der Waals surface area contributed by atoms with Crippen LogP contribution in [0.5, 0.6) is 0 Å². The van der Waals surface area contributed by atoms with Crippen LogP contribution < -0.4 is 0 Å². The van der Waals surface area contributed by atoms with Crippen LogP contribution >= 0.6 is 0 Å². The van der Waals surface area contributed by atoms with Crippen molar-refractivity contribution in [3.8, 4) is 11.4 Å². The summed E-state index contributed by atoms with van der Waals surface area (Å²) in [7, 11) is -2.93. The van der Waals surface area contributed by atoms with Crippen LogP contribution in [0.15, 0.2) is 12.1 Å². The van der Waals surface area contributed by atoms with E-state index in [-0.39, 0.29) is 17.4 Å². The number of tetrazole rings is 1. The Labute approximate surface area is 157 Å². The molecule has 10 heteroatoms. The van der Waals surface area contributed by atoms with Crippen molar-refractivity contribution in [1.29, 1.82) is 0 Å². The van der Waals surface area contributed by atoms with Crippen molar-refractivity contribution in [3.05, 3.63) is 23.5 Å². The van der Waals surface area contributed by atoms with Crippen molar-refractivity contribution < 1.29 is 18.3 Å². The minimum atomic E-state index is -2.93. The summed E-state index contributed by atoms with van der Waals surface area (Å²) in [6, 6.07) is 3.16. The van der Waals surface area contributed by atoms with Gasteiger partial charge >= 0.3 is 5.97 Å². The zero-order valence-corrected chi connectivity index (χ0v) is 16.2. The Bertz CT molecular complexity index is 933. The third kappa shape index (κ3) is 5.31. The van der Waals surface area contributed by atoms with E-state index in [0.717, 1.165) is 25.7 Å². The number of rotatable bonds is 6. The molecule has 2 heterocycles. The smallest absolute Gasteiger partial charge is 0.354 e. The highest BCUT2D eigenvalue weighted by molar-refractivity contribution is 7.90. The number of carboxylic acids is 1. The fraction of sp³-hybridized carbons (Fsp3) is 0.588. The maximum absolute atomic E-state index is 11.4. The van der Waals surface area contributed by atoms with Gasteiger partial charge in [-0.1, -0.05) is 0 Å². The van der Waals surface area contributed by atoms with E-state index in [9.17, 15) is 13.2 Å². The van der Waals surface area contributed by atoms with E-state index in [2.05, 4.69) is 20.4 Å². The molecule has 1 saturated carbocycles. The molecule has 0 bridgehead atoms. The van der Waals surface area contributed by atoms with E-state index in [1.807, 2.05) is 0 Å². The van der Waals surface area contributed by atoms with E-state index >= 15 is 0 Å². The van der Waals surface area contributed by atoms with Crippen LogP contribution in [-0.4, -0.2) is 56.7 Å². The van der Waals surface area contributed by atoms with E-state index in [4.69, 9.17) is 5.11 Å². The Balaban J connectivity index is 1.63. The predicted octanol–water partition coefficient (Wildman–Crippen LogP) is 1.59. The minimum Gasteiger partial charge on any atom is -0.477 e. The van der Waals surface area contributed by atoms with E-state index in [1.165, 1.54) is 17.1 Å². The van der Waals surface area contributed by atoms with Crippen LogP contribution in [0, 0.1) is 18.8 Å². The van der Waals surface area contributed by atoms with Crippen LogP contribution in [-0.2, 0) is 16.4 Å². The van der Waals surface area contributed by atoms with Gasteiger partial charge in [0.05, 0.1) is 12.3 Å². The molecule has 1 fully saturated rings. The third-order valence-corrected chi connectivity index (χ3v) is 5.89. The molecule has 27 heavy (non-hydrogen) atoms. The molecule has 0 saturated heterocycles. The molecule has 2 aromatic heterocycles. The highest BCUT2D eigenvalue weighted by Gasteiger charge is 2.25. The van der Waals surface area contributed by atoms with Crippen molar-refractivity contribution in [2.24, 2.45) is 11.8 Å². The maximum Gasteiger partial charge on any atom is 0.354 e. The Hall–Kier alpha value is -2.36. The summed E-state index contributed by atoms with van der Waals surface area (Å²) in [6.07, 6.45) is 4.95. The highest BCUT2D eigenvalue weighted by atomic mass is 32.2. The van der Waals surface area contributed by atoms with Crippen LogP contribution in [0.1, 0.15) is 41.9 Å². The molecule has 0 amide bonds. The number of carboxylic acid groups (broad SMARTS) is 1. The van der Waals surface area contributed by atoms with Crippen molar-refractivity contribution in [1.82, 2.24) is 25.2 Å². The molecule has 146 valence electrons. The summed E-state index contributed by atoms with van der Waals surface area (Å²) in [6.45, 7) is 2.34. The van der Waals surface area contributed by atoms with Crippen molar-refractivity contribution in [2.75, 3.05) is 12.0 Å². The summed E-state index contributed by atoms with van der Waals surface area (Å²) in [5.41, 5.74) is 1.10. The monoisotopic (exact) mass is 393 g/mol. The molecule has 9 nitrogen and oxygen atoms in total. The van der Waals surface area contributed by atoms with Crippen molar-refractivity contribution in [3.63, 3.8) is 0 Å². The topological polar surface area (TPSA) is 128 Å². The molecular formula is C17H23N5O4S. The van der Waals surface area contributed by atoms with Crippen LogP contribution in [0.25, 0.3) is 11.4 Å². The summed E-state index contributed by atoms with van der Waals surface area (Å²) >= 11 is 0. The molecule has 0 aliphatic heterocycles. The number of aromatic carboxylic acids is 1. The first-order valence-corrected chi connectivity index (χ1v) is 10.9. The molecule has 0 radical (unpaired) electrons. The molecule has 0 atom stereocenters. The Kier molecular flexibility index (Phi) is 5.54. The number of carbonyl (C=O) groups is 1. The number of aromatic nitrogens is 5. The Morgan fingerprint density at radius 2 is 1.89 bits per heavy atom. The van der Waals surface area contributed by atoms with Gasteiger partial charge in [-0.2, -0.15) is 4.80 Å². The van der Waals surface area contributed by atoms with E-state index < -0.39 is 15.8 Å². The van der Waals surface area contributed by atoms with Crippen LogP contribution in [0.4, 0.5) is 0 Å². The first-order chi connectivity index (χ1) is 12.7. The standard InChI is InChI=1S/C17H23N5O4S/c1-11-7-14(8-15(18-11)17(23)24)16-19-21-22(20-16)9-12-3-5-13(6-4-12)10-27(2,25)26/h7-8,12-13H,3-6,9-10H2,1-2H3,(H,23,24). The zero-order valence-electron chi connectivity index (χ0n) is 15.4. The first kappa shape index (κ1) is 19.4. The number of pyridine rings is 1. The van der Waals surface area contributed by atoms with Gasteiger partial charge in [-0.3, -0.25) is 0 Å². The quantitative estimate of drug-likeness (QED) is 0.783. The molecule has 1 aliphatic carbocycles. The SMILES string of the molecule is Cc1cc(-c2nnn(CC3CCC(CS(C)(=O)=O)CC3)n2)cc(C(=O)O)n1. The summed E-state index contributed by atoms with van der Waals surface area (Å²) < 4.78 is 22.9. The van der Waals surface area contributed by atoms with Crippen LogP contribution in [0.2, 0.25) is 0 Å². The summed E-state index contributed by atoms with van der Waals surface area (Å²) in [5.74, 6) is 0.159. The van der Waals surface area contributed by atoms with Gasteiger partial charge in [0, 0.05) is 17.5 Å². The lowest BCUT2D eigenvalue weighted by atomic mass is 9.83. The number of nitrogens with zero attached hydrogens (tertiary/aromatic N) is 5. The largest absolute Gasteiger partial charge is 0.477 e. The van der Waals surface area contributed by atoms with Gasteiger partial charge in [0.25, 0.3) is 0 Å². The van der Waals surface area contributed by atoms with Gasteiger partial charge in [-0.15, -0.1) is 10.2 Å². The lowest BCUT2D eigenvalue weighted by molar-refractivity contribution is 0.0690. The molecule has 0 aromatic carbocycles. The number of aryl methyl sites for hydroxylation is 1. The second-order valence-electron chi connectivity index (χ2n) is 7.33. The number of hydrogen-bond acceptors (Lipinski definition) is 7. The third-order valence-electron chi connectivity index (χ3n) is 4.81. The van der Waals surface area contributed by atoms with E-state index in [1.54, 1.807) is 13.0 Å². The second-order valence-corrected chi connectivity index (χ2v) is 9.52.